The van der Waals surface area contributed by atoms with E-state index in [4.69, 9.17) is 11.6 Å². The third-order valence-corrected chi connectivity index (χ3v) is 6.52. The van der Waals surface area contributed by atoms with Gasteiger partial charge in [0.05, 0.1) is 6.20 Å². The lowest BCUT2D eigenvalue weighted by molar-refractivity contribution is 0.0676. The van der Waals surface area contributed by atoms with Crippen molar-refractivity contribution < 1.29 is 14.0 Å². The summed E-state index contributed by atoms with van der Waals surface area (Å²) in [6, 6.07) is 11.5. The average molecular weight is 459 g/mol. The summed E-state index contributed by atoms with van der Waals surface area (Å²) in [5.41, 5.74) is 1.95. The van der Waals surface area contributed by atoms with Gasteiger partial charge in [0.25, 0.3) is 5.91 Å². The fourth-order valence-electron chi connectivity index (χ4n) is 3.27. The van der Waals surface area contributed by atoms with Gasteiger partial charge in [0, 0.05) is 42.5 Å². The van der Waals surface area contributed by atoms with E-state index in [0.29, 0.717) is 52.3 Å². The molecule has 0 radical (unpaired) electrons. The molecule has 3 aromatic rings. The largest absolute Gasteiger partial charge is 0.334 e. The Morgan fingerprint density at radius 1 is 1.10 bits per heavy atom. The van der Waals surface area contributed by atoms with Crippen LogP contribution < -0.4 is 5.32 Å². The van der Waals surface area contributed by atoms with Gasteiger partial charge < -0.3 is 15.1 Å². The van der Waals surface area contributed by atoms with Crippen molar-refractivity contribution in [1.82, 2.24) is 14.8 Å². The topological polar surface area (TPSA) is 65.5 Å². The molecule has 0 spiro atoms. The minimum atomic E-state index is -0.370. The van der Waals surface area contributed by atoms with Gasteiger partial charge in [-0.05, 0) is 36.8 Å². The van der Waals surface area contributed by atoms with Gasteiger partial charge in [-0.1, -0.05) is 29.8 Å². The van der Waals surface area contributed by atoms with Gasteiger partial charge in [-0.25, -0.2) is 14.2 Å². The van der Waals surface area contributed by atoms with Crippen molar-refractivity contribution in [3.8, 4) is 10.6 Å². The third kappa shape index (κ3) is 4.70. The normalized spacial score (nSPS) is 13.9. The van der Waals surface area contributed by atoms with Crippen LogP contribution in [0.2, 0.25) is 5.02 Å². The molecule has 0 bridgehead atoms. The Labute approximate surface area is 188 Å². The van der Waals surface area contributed by atoms with Crippen LogP contribution in [0.5, 0.6) is 0 Å². The summed E-state index contributed by atoms with van der Waals surface area (Å²) >= 11 is 7.28. The number of thiazole rings is 1. The molecule has 0 saturated carbocycles. The third-order valence-electron chi connectivity index (χ3n) is 5.10. The number of amides is 3. The molecule has 6 nitrogen and oxygen atoms in total. The molecule has 4 rings (SSSR count). The van der Waals surface area contributed by atoms with E-state index >= 15 is 0 Å². The molecule has 0 atom stereocenters. The number of anilines is 1. The van der Waals surface area contributed by atoms with Gasteiger partial charge >= 0.3 is 6.03 Å². The summed E-state index contributed by atoms with van der Waals surface area (Å²) in [6.07, 6.45) is 1.48. The highest BCUT2D eigenvalue weighted by atomic mass is 35.5. The number of aryl methyl sites for hydroxylation is 1. The van der Waals surface area contributed by atoms with Crippen LogP contribution in [-0.4, -0.2) is 52.9 Å². The zero-order valence-corrected chi connectivity index (χ0v) is 18.3. The van der Waals surface area contributed by atoms with Crippen molar-refractivity contribution >= 4 is 40.6 Å². The predicted octanol–water partition coefficient (Wildman–Crippen LogP) is 4.90. The molecule has 2 heterocycles. The van der Waals surface area contributed by atoms with Crippen molar-refractivity contribution in [3.63, 3.8) is 0 Å². The Morgan fingerprint density at radius 2 is 1.81 bits per heavy atom. The lowest BCUT2D eigenvalue weighted by Crippen LogP contribution is -2.51. The van der Waals surface area contributed by atoms with Crippen molar-refractivity contribution in [2.45, 2.75) is 6.92 Å². The van der Waals surface area contributed by atoms with Crippen LogP contribution in [0.4, 0.5) is 14.9 Å². The fraction of sp³-hybridized carbons (Fsp3) is 0.227. The monoisotopic (exact) mass is 458 g/mol. The van der Waals surface area contributed by atoms with E-state index in [2.05, 4.69) is 10.3 Å². The van der Waals surface area contributed by atoms with Crippen molar-refractivity contribution in [2.24, 2.45) is 0 Å². The summed E-state index contributed by atoms with van der Waals surface area (Å²) in [7, 11) is 0. The van der Waals surface area contributed by atoms with Crippen molar-refractivity contribution in [3.05, 3.63) is 69.9 Å². The van der Waals surface area contributed by atoms with Crippen LogP contribution in [0.1, 0.15) is 15.2 Å². The second kappa shape index (κ2) is 9.03. The minimum Gasteiger partial charge on any atom is -0.334 e. The summed E-state index contributed by atoms with van der Waals surface area (Å²) in [5.74, 6) is -0.532. The number of nitrogens with one attached hydrogen (secondary N) is 1. The molecule has 3 amide bonds. The standard InChI is InChI=1S/C22H20ClFN4O2S/c1-14-6-7-15(12-17(14)23)26-22(30)28-10-8-27(9-11-28)21(29)19-13-25-20(31-19)16-4-2-3-5-18(16)24/h2-7,12-13H,8-11H2,1H3,(H,26,30). The molecule has 1 aromatic heterocycles. The lowest BCUT2D eigenvalue weighted by Gasteiger charge is -2.34. The Hall–Kier alpha value is -2.97. The SMILES string of the molecule is Cc1ccc(NC(=O)N2CCN(C(=O)c3cnc(-c4ccccc4F)s3)CC2)cc1Cl. The molecule has 2 aromatic carbocycles. The number of aromatic nitrogens is 1. The number of carbonyl (C=O) groups is 2. The molecule has 1 aliphatic rings. The maximum absolute atomic E-state index is 14.0. The second-order valence-electron chi connectivity index (χ2n) is 7.18. The first-order valence-electron chi connectivity index (χ1n) is 9.74. The maximum Gasteiger partial charge on any atom is 0.321 e. The first-order chi connectivity index (χ1) is 14.9. The van der Waals surface area contributed by atoms with Gasteiger partial charge in [0.15, 0.2) is 0 Å². The Bertz CT molecular complexity index is 1130. The first-order valence-corrected chi connectivity index (χ1v) is 10.9. The van der Waals surface area contributed by atoms with Gasteiger partial charge in [0.2, 0.25) is 0 Å². The number of piperazine rings is 1. The Morgan fingerprint density at radius 3 is 2.52 bits per heavy atom. The van der Waals surface area contributed by atoms with E-state index < -0.39 is 0 Å². The van der Waals surface area contributed by atoms with E-state index in [0.717, 1.165) is 5.56 Å². The van der Waals surface area contributed by atoms with E-state index in [1.165, 1.54) is 23.6 Å². The molecule has 0 aliphatic carbocycles. The van der Waals surface area contributed by atoms with Crippen LogP contribution in [0.3, 0.4) is 0 Å². The van der Waals surface area contributed by atoms with Crippen LogP contribution in [-0.2, 0) is 0 Å². The fourth-order valence-corrected chi connectivity index (χ4v) is 4.37. The van der Waals surface area contributed by atoms with E-state index in [-0.39, 0.29) is 17.8 Å². The molecule has 1 aliphatic heterocycles. The van der Waals surface area contributed by atoms with Crippen LogP contribution >= 0.6 is 22.9 Å². The van der Waals surface area contributed by atoms with E-state index in [9.17, 15) is 14.0 Å². The number of halogens is 2. The van der Waals surface area contributed by atoms with Crippen molar-refractivity contribution in [2.75, 3.05) is 31.5 Å². The Kier molecular flexibility index (Phi) is 6.20. The van der Waals surface area contributed by atoms with Gasteiger partial charge in [-0.3, -0.25) is 4.79 Å². The van der Waals surface area contributed by atoms with Crippen LogP contribution in [0.15, 0.2) is 48.7 Å². The highest BCUT2D eigenvalue weighted by Crippen LogP contribution is 2.28. The number of benzene rings is 2. The highest BCUT2D eigenvalue weighted by Gasteiger charge is 2.26. The summed E-state index contributed by atoms with van der Waals surface area (Å²) in [5, 5.41) is 3.90. The van der Waals surface area contributed by atoms with Crippen LogP contribution in [0, 0.1) is 12.7 Å². The van der Waals surface area contributed by atoms with Crippen molar-refractivity contribution in [1.29, 1.82) is 0 Å². The molecular weight excluding hydrogens is 439 g/mol. The summed E-state index contributed by atoms with van der Waals surface area (Å²) < 4.78 is 14.0. The molecule has 0 unspecified atom stereocenters. The molecule has 1 N–H and O–H groups in total. The molecular formula is C22H20ClFN4O2S. The number of urea groups is 1. The summed E-state index contributed by atoms with van der Waals surface area (Å²) in [6.45, 7) is 3.54. The zero-order chi connectivity index (χ0) is 22.0. The number of nitrogens with zero attached hydrogens (tertiary/aromatic N) is 3. The van der Waals surface area contributed by atoms with Crippen LogP contribution in [0.25, 0.3) is 10.6 Å². The first kappa shape index (κ1) is 21.3. The molecule has 9 heteroatoms. The van der Waals surface area contributed by atoms with Gasteiger partial charge in [0.1, 0.15) is 15.7 Å². The maximum atomic E-state index is 14.0. The summed E-state index contributed by atoms with van der Waals surface area (Å²) in [4.78, 5) is 33.4. The van der Waals surface area contributed by atoms with E-state index in [1.54, 1.807) is 40.1 Å². The predicted molar refractivity (Wildman–Crippen MR) is 120 cm³/mol. The molecule has 1 fully saturated rings. The minimum absolute atomic E-state index is 0.162. The number of hydrogen-bond donors (Lipinski definition) is 1. The van der Waals surface area contributed by atoms with E-state index in [1.807, 2.05) is 13.0 Å². The molecule has 31 heavy (non-hydrogen) atoms. The lowest BCUT2D eigenvalue weighted by atomic mass is 10.2. The molecule has 160 valence electrons. The quantitative estimate of drug-likeness (QED) is 0.607. The smallest absolute Gasteiger partial charge is 0.321 e. The zero-order valence-electron chi connectivity index (χ0n) is 16.8. The number of rotatable bonds is 3. The second-order valence-corrected chi connectivity index (χ2v) is 8.62. The molecule has 1 saturated heterocycles. The van der Waals surface area contributed by atoms with Gasteiger partial charge in [-0.15, -0.1) is 11.3 Å². The number of carbonyl (C=O) groups excluding carboxylic acids is 2. The van der Waals surface area contributed by atoms with Gasteiger partial charge in [-0.2, -0.15) is 0 Å². The number of hydrogen-bond acceptors (Lipinski definition) is 4. The average Bonchev–Trinajstić information content (AvgIpc) is 3.26. The Balaban J connectivity index is 1.35. The highest BCUT2D eigenvalue weighted by molar-refractivity contribution is 7.16.